The summed E-state index contributed by atoms with van der Waals surface area (Å²) in [6.45, 7) is 12.7. The Bertz CT molecular complexity index is 149. The summed E-state index contributed by atoms with van der Waals surface area (Å²) >= 11 is 0. The second-order valence-electron chi connectivity index (χ2n) is 3.45. The van der Waals surface area contributed by atoms with E-state index in [2.05, 4.69) is 40.3 Å². The van der Waals surface area contributed by atoms with Gasteiger partial charge in [0.25, 0.3) is 0 Å². The van der Waals surface area contributed by atoms with E-state index in [9.17, 15) is 0 Å². The van der Waals surface area contributed by atoms with Crippen molar-refractivity contribution in [2.45, 2.75) is 40.5 Å². The molecule has 0 amide bonds. The van der Waals surface area contributed by atoms with E-state index < -0.39 is 0 Å². The first-order chi connectivity index (χ1) is 5.07. The van der Waals surface area contributed by atoms with E-state index in [4.69, 9.17) is 0 Å². The minimum absolute atomic E-state index is 0.639. The lowest BCUT2D eigenvalue weighted by molar-refractivity contribution is 0.711. The van der Waals surface area contributed by atoms with Crippen LogP contribution in [0.15, 0.2) is 23.8 Å². The van der Waals surface area contributed by atoms with Gasteiger partial charge in [-0.15, -0.1) is 0 Å². The molecule has 0 bridgehead atoms. The van der Waals surface area contributed by atoms with Crippen LogP contribution < -0.4 is 0 Å². The summed E-state index contributed by atoms with van der Waals surface area (Å²) in [5.41, 5.74) is 2.83. The first kappa shape index (κ1) is 10.5. The van der Waals surface area contributed by atoms with Gasteiger partial charge in [-0.2, -0.15) is 0 Å². The van der Waals surface area contributed by atoms with Gasteiger partial charge in [-0.25, -0.2) is 0 Å². The average Bonchev–Trinajstić information content (AvgIpc) is 1.99. The average molecular weight is 152 g/mol. The Morgan fingerprint density at radius 3 is 2.27 bits per heavy atom. The number of allylic oxidation sites excluding steroid dienone is 3. The van der Waals surface area contributed by atoms with Crippen molar-refractivity contribution in [2.75, 3.05) is 0 Å². The molecule has 0 aromatic rings. The lowest BCUT2D eigenvalue weighted by Gasteiger charge is -2.08. The van der Waals surface area contributed by atoms with Crippen molar-refractivity contribution in [3.05, 3.63) is 23.8 Å². The third kappa shape index (κ3) is 4.83. The van der Waals surface area contributed by atoms with Gasteiger partial charge < -0.3 is 0 Å². The predicted molar refractivity (Wildman–Crippen MR) is 52.6 cm³/mol. The van der Waals surface area contributed by atoms with Gasteiger partial charge in [0, 0.05) is 0 Å². The molecule has 0 N–H and O–H groups in total. The second kappa shape index (κ2) is 5.17. The molecule has 0 saturated carbocycles. The van der Waals surface area contributed by atoms with Gasteiger partial charge >= 0.3 is 0 Å². The monoisotopic (exact) mass is 152 g/mol. The maximum Gasteiger partial charge on any atom is -0.0263 e. The molecular weight excluding hydrogens is 132 g/mol. The van der Waals surface area contributed by atoms with Crippen molar-refractivity contribution >= 4 is 0 Å². The third-order valence-corrected chi connectivity index (χ3v) is 2.15. The molecule has 0 aliphatic carbocycles. The SMILES string of the molecule is C=C(CCC(C)=CC)C(C)C. The highest BCUT2D eigenvalue weighted by molar-refractivity contribution is 5.04. The molecule has 0 atom stereocenters. The molecule has 0 unspecified atom stereocenters. The van der Waals surface area contributed by atoms with Crippen LogP contribution in [0.2, 0.25) is 0 Å². The van der Waals surface area contributed by atoms with Crippen LogP contribution in [0, 0.1) is 5.92 Å². The smallest absolute Gasteiger partial charge is 0.0263 e. The summed E-state index contributed by atoms with van der Waals surface area (Å²) in [5.74, 6) is 0.639. The first-order valence-electron chi connectivity index (χ1n) is 4.37. The highest BCUT2D eigenvalue weighted by Gasteiger charge is 1.99. The van der Waals surface area contributed by atoms with Crippen molar-refractivity contribution in [3.8, 4) is 0 Å². The van der Waals surface area contributed by atoms with E-state index in [1.807, 2.05) is 0 Å². The fraction of sp³-hybridized carbons (Fsp3) is 0.636. The van der Waals surface area contributed by atoms with Gasteiger partial charge in [0.2, 0.25) is 0 Å². The zero-order valence-electron chi connectivity index (χ0n) is 8.28. The van der Waals surface area contributed by atoms with Gasteiger partial charge in [0.15, 0.2) is 0 Å². The molecule has 0 heteroatoms. The van der Waals surface area contributed by atoms with Gasteiger partial charge in [-0.3, -0.25) is 0 Å². The molecule has 0 saturated heterocycles. The molecular formula is C11H20. The molecule has 0 aliphatic rings. The lowest BCUT2D eigenvalue weighted by atomic mass is 9.98. The topological polar surface area (TPSA) is 0 Å². The highest BCUT2D eigenvalue weighted by atomic mass is 14.0. The molecule has 0 aliphatic heterocycles. The Kier molecular flexibility index (Phi) is 4.93. The molecule has 0 heterocycles. The molecule has 0 radical (unpaired) electrons. The summed E-state index contributed by atoms with van der Waals surface area (Å²) in [6.07, 6.45) is 4.49. The quantitative estimate of drug-likeness (QED) is 0.535. The van der Waals surface area contributed by atoms with Gasteiger partial charge in [-0.1, -0.05) is 37.6 Å². The van der Waals surface area contributed by atoms with Crippen LogP contribution in [0.5, 0.6) is 0 Å². The second-order valence-corrected chi connectivity index (χ2v) is 3.45. The summed E-state index contributed by atoms with van der Waals surface area (Å²) < 4.78 is 0. The third-order valence-electron chi connectivity index (χ3n) is 2.15. The summed E-state index contributed by atoms with van der Waals surface area (Å²) in [6, 6.07) is 0. The van der Waals surface area contributed by atoms with Gasteiger partial charge in [0.05, 0.1) is 0 Å². The van der Waals surface area contributed by atoms with Crippen molar-refractivity contribution in [3.63, 3.8) is 0 Å². The summed E-state index contributed by atoms with van der Waals surface area (Å²) in [7, 11) is 0. The lowest BCUT2D eigenvalue weighted by Crippen LogP contribution is -1.92. The maximum absolute atomic E-state index is 4.03. The predicted octanol–water partition coefficient (Wildman–Crippen LogP) is 3.95. The van der Waals surface area contributed by atoms with Crippen LogP contribution in [0.3, 0.4) is 0 Å². The molecule has 64 valence electrons. The Morgan fingerprint density at radius 2 is 1.91 bits per heavy atom. The number of hydrogen-bond donors (Lipinski definition) is 0. The minimum Gasteiger partial charge on any atom is -0.0996 e. The fourth-order valence-electron chi connectivity index (χ4n) is 0.791. The van der Waals surface area contributed by atoms with Crippen molar-refractivity contribution < 1.29 is 0 Å². The molecule has 0 aromatic carbocycles. The Labute approximate surface area is 71.0 Å². The molecule has 0 nitrogen and oxygen atoms in total. The van der Waals surface area contributed by atoms with Crippen molar-refractivity contribution in [1.82, 2.24) is 0 Å². The fourth-order valence-corrected chi connectivity index (χ4v) is 0.791. The zero-order chi connectivity index (χ0) is 8.85. The number of rotatable bonds is 4. The molecule has 0 spiro atoms. The zero-order valence-corrected chi connectivity index (χ0v) is 8.28. The molecule has 0 fully saturated rings. The Morgan fingerprint density at radius 1 is 1.36 bits per heavy atom. The van der Waals surface area contributed by atoms with Crippen LogP contribution in [-0.2, 0) is 0 Å². The van der Waals surface area contributed by atoms with E-state index in [-0.39, 0.29) is 0 Å². The summed E-state index contributed by atoms with van der Waals surface area (Å²) in [4.78, 5) is 0. The molecule has 0 aromatic heterocycles. The van der Waals surface area contributed by atoms with Crippen LogP contribution >= 0.6 is 0 Å². The van der Waals surface area contributed by atoms with E-state index in [1.54, 1.807) is 0 Å². The largest absolute Gasteiger partial charge is 0.0996 e. The van der Waals surface area contributed by atoms with E-state index in [0.29, 0.717) is 5.92 Å². The van der Waals surface area contributed by atoms with E-state index >= 15 is 0 Å². The van der Waals surface area contributed by atoms with Crippen LogP contribution in [0.4, 0.5) is 0 Å². The van der Waals surface area contributed by atoms with Crippen molar-refractivity contribution in [2.24, 2.45) is 5.92 Å². The van der Waals surface area contributed by atoms with Crippen LogP contribution in [0.1, 0.15) is 40.5 Å². The van der Waals surface area contributed by atoms with Crippen LogP contribution in [-0.4, -0.2) is 0 Å². The normalized spacial score (nSPS) is 12.3. The van der Waals surface area contributed by atoms with Gasteiger partial charge in [-0.05, 0) is 32.6 Å². The molecule has 11 heavy (non-hydrogen) atoms. The highest BCUT2D eigenvalue weighted by Crippen LogP contribution is 2.16. The Balaban J connectivity index is 3.63. The Hall–Kier alpha value is -0.520. The maximum atomic E-state index is 4.03. The standard InChI is InChI=1S/C11H20/c1-6-10(4)7-8-11(5)9(2)3/h6,9H,5,7-8H2,1-4H3. The minimum atomic E-state index is 0.639. The first-order valence-corrected chi connectivity index (χ1v) is 4.37. The van der Waals surface area contributed by atoms with Crippen LogP contribution in [0.25, 0.3) is 0 Å². The van der Waals surface area contributed by atoms with E-state index in [0.717, 1.165) is 6.42 Å². The summed E-state index contributed by atoms with van der Waals surface area (Å²) in [5, 5.41) is 0. The van der Waals surface area contributed by atoms with Crippen molar-refractivity contribution in [1.29, 1.82) is 0 Å². The van der Waals surface area contributed by atoms with Gasteiger partial charge in [0.1, 0.15) is 0 Å². The molecule has 0 rings (SSSR count). The van der Waals surface area contributed by atoms with E-state index in [1.165, 1.54) is 17.6 Å². The number of hydrogen-bond acceptors (Lipinski definition) is 0.